The van der Waals surface area contributed by atoms with E-state index in [-0.39, 0.29) is 31.0 Å². The number of hydrogen-bond donors (Lipinski definition) is 1. The van der Waals surface area contributed by atoms with Gasteiger partial charge in [0.25, 0.3) is 5.91 Å². The Labute approximate surface area is 152 Å². The minimum atomic E-state index is -0.527. The van der Waals surface area contributed by atoms with Crippen molar-refractivity contribution < 1.29 is 23.9 Å². The maximum Gasteiger partial charge on any atom is 0.325 e. The zero-order chi connectivity index (χ0) is 18.4. The Morgan fingerprint density at radius 3 is 2.77 bits per heavy atom. The lowest BCUT2D eigenvalue weighted by Gasteiger charge is -2.27. The van der Waals surface area contributed by atoms with Gasteiger partial charge in [-0.05, 0) is 25.0 Å². The molecule has 1 aromatic carbocycles. The molecule has 140 valence electrons. The largest absolute Gasteiger partial charge is 0.492 e. The monoisotopic (exact) mass is 361 g/mol. The van der Waals surface area contributed by atoms with E-state index < -0.39 is 6.03 Å². The van der Waals surface area contributed by atoms with Crippen LogP contribution in [0.1, 0.15) is 12.8 Å². The lowest BCUT2D eigenvalue weighted by Crippen LogP contribution is -2.46. The van der Waals surface area contributed by atoms with E-state index in [1.807, 2.05) is 30.3 Å². The first kappa shape index (κ1) is 18.2. The maximum atomic E-state index is 12.7. The van der Waals surface area contributed by atoms with Crippen molar-refractivity contribution in [1.29, 1.82) is 0 Å². The molecule has 0 saturated carbocycles. The van der Waals surface area contributed by atoms with Gasteiger partial charge < -0.3 is 19.7 Å². The van der Waals surface area contributed by atoms with Gasteiger partial charge in [-0.1, -0.05) is 18.2 Å². The van der Waals surface area contributed by atoms with Crippen LogP contribution in [0.3, 0.4) is 0 Å². The van der Waals surface area contributed by atoms with Gasteiger partial charge in [-0.15, -0.1) is 0 Å². The van der Waals surface area contributed by atoms with Crippen molar-refractivity contribution in [2.45, 2.75) is 18.9 Å². The van der Waals surface area contributed by atoms with E-state index in [0.717, 1.165) is 23.5 Å². The first-order valence-corrected chi connectivity index (χ1v) is 8.79. The summed E-state index contributed by atoms with van der Waals surface area (Å²) in [5, 5.41) is 2.42. The third-order valence-electron chi connectivity index (χ3n) is 4.40. The molecule has 0 aromatic heterocycles. The fraction of sp³-hybridized carbons (Fsp3) is 0.500. The molecule has 0 unspecified atom stereocenters. The number of amides is 4. The van der Waals surface area contributed by atoms with Gasteiger partial charge in [0.1, 0.15) is 18.9 Å². The Kier molecular flexibility index (Phi) is 6.06. The lowest BCUT2D eigenvalue weighted by molar-refractivity contribution is -0.137. The molecule has 2 aliphatic rings. The summed E-state index contributed by atoms with van der Waals surface area (Å²) in [6, 6.07) is 8.82. The zero-order valence-corrected chi connectivity index (χ0v) is 14.6. The number of rotatable bonds is 8. The van der Waals surface area contributed by atoms with Gasteiger partial charge in [-0.3, -0.25) is 14.5 Å². The van der Waals surface area contributed by atoms with E-state index in [1.54, 1.807) is 4.90 Å². The molecule has 8 heteroatoms. The van der Waals surface area contributed by atoms with Crippen LogP contribution in [-0.2, 0) is 14.3 Å². The summed E-state index contributed by atoms with van der Waals surface area (Å²) < 4.78 is 11.3. The number of nitrogens with one attached hydrogen (secondary N) is 1. The van der Waals surface area contributed by atoms with Crippen LogP contribution in [0, 0.1) is 0 Å². The lowest BCUT2D eigenvalue weighted by atomic mass is 10.2. The zero-order valence-electron chi connectivity index (χ0n) is 14.6. The van der Waals surface area contributed by atoms with Crippen molar-refractivity contribution in [1.82, 2.24) is 15.1 Å². The van der Waals surface area contributed by atoms with Crippen molar-refractivity contribution in [3.05, 3.63) is 30.3 Å². The van der Waals surface area contributed by atoms with Crippen molar-refractivity contribution in [3.8, 4) is 5.75 Å². The summed E-state index contributed by atoms with van der Waals surface area (Å²) in [6.07, 6.45) is 1.85. The SMILES string of the molecule is O=C(CN1C(=O)CNC1=O)N(CCOc1ccccc1)C[C@H]1CCCO1. The predicted octanol–water partition coefficient (Wildman–Crippen LogP) is 0.625. The van der Waals surface area contributed by atoms with Gasteiger partial charge in [0.2, 0.25) is 5.91 Å². The molecule has 1 atom stereocenters. The third kappa shape index (κ3) is 4.72. The molecule has 2 aliphatic heterocycles. The van der Waals surface area contributed by atoms with Crippen LogP contribution in [-0.4, -0.2) is 73.1 Å². The average molecular weight is 361 g/mol. The van der Waals surface area contributed by atoms with Gasteiger partial charge >= 0.3 is 6.03 Å². The number of ether oxygens (including phenoxy) is 2. The Morgan fingerprint density at radius 2 is 2.12 bits per heavy atom. The minimum absolute atomic E-state index is 0.0150. The highest BCUT2D eigenvalue weighted by Gasteiger charge is 2.32. The second-order valence-corrected chi connectivity index (χ2v) is 6.27. The highest BCUT2D eigenvalue weighted by Crippen LogP contribution is 2.14. The van der Waals surface area contributed by atoms with E-state index >= 15 is 0 Å². The Bertz CT molecular complexity index is 629. The van der Waals surface area contributed by atoms with Crippen molar-refractivity contribution >= 4 is 17.8 Å². The number of nitrogens with zero attached hydrogens (tertiary/aromatic N) is 2. The molecule has 1 N–H and O–H groups in total. The average Bonchev–Trinajstić information content (AvgIpc) is 3.27. The minimum Gasteiger partial charge on any atom is -0.492 e. The van der Waals surface area contributed by atoms with Gasteiger partial charge in [0.05, 0.1) is 19.2 Å². The topological polar surface area (TPSA) is 88.2 Å². The maximum absolute atomic E-state index is 12.7. The van der Waals surface area contributed by atoms with E-state index in [9.17, 15) is 14.4 Å². The highest BCUT2D eigenvalue weighted by molar-refractivity contribution is 6.04. The number of carbonyl (C=O) groups excluding carboxylic acids is 3. The Hall–Kier alpha value is -2.61. The summed E-state index contributed by atoms with van der Waals surface area (Å²) in [5.41, 5.74) is 0. The van der Waals surface area contributed by atoms with Gasteiger partial charge in [-0.2, -0.15) is 0 Å². The molecule has 0 spiro atoms. The third-order valence-corrected chi connectivity index (χ3v) is 4.40. The molecule has 0 bridgehead atoms. The first-order chi connectivity index (χ1) is 12.6. The van der Waals surface area contributed by atoms with Crippen LogP contribution in [0.2, 0.25) is 0 Å². The summed E-state index contributed by atoms with van der Waals surface area (Å²) >= 11 is 0. The van der Waals surface area contributed by atoms with Crippen molar-refractivity contribution in [3.63, 3.8) is 0 Å². The van der Waals surface area contributed by atoms with Crippen molar-refractivity contribution in [2.75, 3.05) is 39.4 Å². The van der Waals surface area contributed by atoms with Crippen LogP contribution >= 0.6 is 0 Å². The Morgan fingerprint density at radius 1 is 1.31 bits per heavy atom. The van der Waals surface area contributed by atoms with Crippen LogP contribution in [0.15, 0.2) is 30.3 Å². The molecule has 0 aliphatic carbocycles. The predicted molar refractivity (Wildman–Crippen MR) is 92.6 cm³/mol. The van der Waals surface area contributed by atoms with E-state index in [0.29, 0.717) is 26.3 Å². The van der Waals surface area contributed by atoms with Gasteiger partial charge in [0, 0.05) is 13.2 Å². The van der Waals surface area contributed by atoms with Crippen molar-refractivity contribution in [2.24, 2.45) is 0 Å². The fourth-order valence-corrected chi connectivity index (χ4v) is 2.99. The number of benzene rings is 1. The molecule has 2 fully saturated rings. The molecule has 8 nitrogen and oxygen atoms in total. The van der Waals surface area contributed by atoms with Crippen LogP contribution in [0.5, 0.6) is 5.75 Å². The second kappa shape index (κ2) is 8.66. The number of imide groups is 1. The fourth-order valence-electron chi connectivity index (χ4n) is 2.99. The van der Waals surface area contributed by atoms with E-state index in [2.05, 4.69) is 5.32 Å². The highest BCUT2D eigenvalue weighted by atomic mass is 16.5. The van der Waals surface area contributed by atoms with E-state index in [1.165, 1.54) is 0 Å². The van der Waals surface area contributed by atoms with Gasteiger partial charge in [-0.25, -0.2) is 4.79 Å². The van der Waals surface area contributed by atoms with Crippen LogP contribution in [0.4, 0.5) is 4.79 Å². The molecule has 2 saturated heterocycles. The first-order valence-electron chi connectivity index (χ1n) is 8.79. The number of para-hydroxylation sites is 1. The molecule has 1 aromatic rings. The summed E-state index contributed by atoms with van der Waals surface area (Å²) in [5.74, 6) is 0.0506. The summed E-state index contributed by atoms with van der Waals surface area (Å²) in [4.78, 5) is 38.6. The van der Waals surface area contributed by atoms with Gasteiger partial charge in [0.15, 0.2) is 0 Å². The normalized spacial score (nSPS) is 19.5. The summed E-state index contributed by atoms with van der Waals surface area (Å²) in [6.45, 7) is 1.48. The Balaban J connectivity index is 1.57. The quantitative estimate of drug-likeness (QED) is 0.686. The van der Waals surface area contributed by atoms with E-state index in [4.69, 9.17) is 9.47 Å². The number of hydrogen-bond acceptors (Lipinski definition) is 5. The molecular weight excluding hydrogens is 338 g/mol. The molecule has 2 heterocycles. The standard InChI is InChI=1S/C18H23N3O5/c22-16-11-19-18(24)21(16)13-17(23)20(12-15-7-4-9-25-15)8-10-26-14-5-2-1-3-6-14/h1-3,5-6,15H,4,7-13H2,(H,19,24)/t15-/m1/s1. The molecule has 4 amide bonds. The van der Waals surface area contributed by atoms with Crippen LogP contribution < -0.4 is 10.1 Å². The smallest absolute Gasteiger partial charge is 0.325 e. The molecular formula is C18H23N3O5. The molecule has 3 rings (SSSR count). The van der Waals surface area contributed by atoms with Crippen LogP contribution in [0.25, 0.3) is 0 Å². The summed E-state index contributed by atoms with van der Waals surface area (Å²) in [7, 11) is 0. The number of urea groups is 1. The molecule has 0 radical (unpaired) electrons. The second-order valence-electron chi connectivity index (χ2n) is 6.27. The molecule has 26 heavy (non-hydrogen) atoms. The number of carbonyl (C=O) groups is 3.